The van der Waals surface area contributed by atoms with E-state index < -0.39 is 0 Å². The van der Waals surface area contributed by atoms with Crippen LogP contribution in [-0.4, -0.2) is 13.1 Å². The van der Waals surface area contributed by atoms with Crippen LogP contribution in [0.15, 0.2) is 18.2 Å². The van der Waals surface area contributed by atoms with Gasteiger partial charge in [-0.3, -0.25) is 0 Å². The van der Waals surface area contributed by atoms with Gasteiger partial charge in [0.2, 0.25) is 0 Å². The van der Waals surface area contributed by atoms with E-state index in [1.165, 1.54) is 37.7 Å². The molecule has 2 fully saturated rings. The van der Waals surface area contributed by atoms with Gasteiger partial charge in [0, 0.05) is 6.54 Å². The third-order valence-electron chi connectivity index (χ3n) is 4.60. The van der Waals surface area contributed by atoms with Gasteiger partial charge in [-0.2, -0.15) is 0 Å². The standard InChI is InChI=1S/C16H22FN/c17-16-10-13(14-8-9-18-11-14)6-7-15(16)12-4-2-1-3-5-12/h6-7,10,12,14,18H,1-5,8-9,11H2. The molecule has 1 aromatic rings. The Morgan fingerprint density at radius 3 is 2.50 bits per heavy atom. The summed E-state index contributed by atoms with van der Waals surface area (Å²) in [5, 5.41) is 3.35. The molecule has 1 heterocycles. The first-order valence-electron chi connectivity index (χ1n) is 7.34. The smallest absolute Gasteiger partial charge is 0.126 e. The molecule has 1 aromatic carbocycles. The summed E-state index contributed by atoms with van der Waals surface area (Å²) in [6.07, 6.45) is 7.32. The van der Waals surface area contributed by atoms with Crippen molar-refractivity contribution in [3.8, 4) is 0 Å². The number of hydrogen-bond acceptors (Lipinski definition) is 1. The normalized spacial score (nSPS) is 25.5. The lowest BCUT2D eigenvalue weighted by Gasteiger charge is -2.23. The molecule has 98 valence electrons. The van der Waals surface area contributed by atoms with Gasteiger partial charge in [0.15, 0.2) is 0 Å². The van der Waals surface area contributed by atoms with E-state index >= 15 is 0 Å². The Kier molecular flexibility index (Phi) is 3.64. The molecule has 0 spiro atoms. The molecule has 3 rings (SSSR count). The minimum absolute atomic E-state index is 0.0336. The Labute approximate surface area is 109 Å². The zero-order valence-corrected chi connectivity index (χ0v) is 10.9. The summed E-state index contributed by atoms with van der Waals surface area (Å²) in [4.78, 5) is 0. The van der Waals surface area contributed by atoms with Crippen LogP contribution in [0.2, 0.25) is 0 Å². The van der Waals surface area contributed by atoms with Crippen molar-refractivity contribution < 1.29 is 4.39 Å². The van der Waals surface area contributed by atoms with Crippen LogP contribution in [0.1, 0.15) is 61.5 Å². The predicted octanol–water partition coefficient (Wildman–Crippen LogP) is 3.95. The van der Waals surface area contributed by atoms with E-state index in [1.807, 2.05) is 0 Å². The molecule has 2 heteroatoms. The Hall–Kier alpha value is -0.890. The third-order valence-corrected chi connectivity index (χ3v) is 4.60. The van der Waals surface area contributed by atoms with Crippen LogP contribution in [0.3, 0.4) is 0 Å². The highest BCUT2D eigenvalue weighted by Crippen LogP contribution is 2.35. The van der Waals surface area contributed by atoms with Crippen LogP contribution in [0.4, 0.5) is 4.39 Å². The fraction of sp³-hybridized carbons (Fsp3) is 0.625. The molecule has 2 aliphatic rings. The van der Waals surface area contributed by atoms with Crippen LogP contribution in [0.25, 0.3) is 0 Å². The topological polar surface area (TPSA) is 12.0 Å². The van der Waals surface area contributed by atoms with Crippen molar-refractivity contribution in [2.75, 3.05) is 13.1 Å². The first kappa shape index (κ1) is 12.2. The highest BCUT2D eigenvalue weighted by molar-refractivity contribution is 5.30. The average molecular weight is 247 g/mol. The second-order valence-corrected chi connectivity index (χ2v) is 5.81. The van der Waals surface area contributed by atoms with Gasteiger partial charge < -0.3 is 5.32 Å². The summed E-state index contributed by atoms with van der Waals surface area (Å²) in [5.41, 5.74) is 2.14. The summed E-state index contributed by atoms with van der Waals surface area (Å²) in [6, 6.07) is 6.01. The summed E-state index contributed by atoms with van der Waals surface area (Å²) in [6.45, 7) is 2.07. The van der Waals surface area contributed by atoms with Gasteiger partial charge in [0.1, 0.15) is 5.82 Å². The molecule has 0 bridgehead atoms. The van der Waals surface area contributed by atoms with Crippen LogP contribution in [0, 0.1) is 5.82 Å². The highest BCUT2D eigenvalue weighted by Gasteiger charge is 2.21. The fourth-order valence-corrected chi connectivity index (χ4v) is 3.48. The van der Waals surface area contributed by atoms with E-state index in [0.717, 1.165) is 25.1 Å². The first-order valence-corrected chi connectivity index (χ1v) is 7.34. The van der Waals surface area contributed by atoms with Gasteiger partial charge in [-0.05, 0) is 54.8 Å². The van der Waals surface area contributed by atoms with E-state index in [2.05, 4.69) is 17.4 Å². The zero-order valence-electron chi connectivity index (χ0n) is 10.9. The Bertz CT molecular complexity index is 404. The van der Waals surface area contributed by atoms with Crippen molar-refractivity contribution in [2.45, 2.75) is 50.4 Å². The van der Waals surface area contributed by atoms with Gasteiger partial charge in [0.25, 0.3) is 0 Å². The van der Waals surface area contributed by atoms with Gasteiger partial charge in [-0.1, -0.05) is 31.4 Å². The second-order valence-electron chi connectivity index (χ2n) is 5.81. The summed E-state index contributed by atoms with van der Waals surface area (Å²) < 4.78 is 14.3. The lowest BCUT2D eigenvalue weighted by Crippen LogP contribution is -2.10. The molecule has 1 unspecified atom stereocenters. The summed E-state index contributed by atoms with van der Waals surface area (Å²) in [5.74, 6) is 1.01. The highest BCUT2D eigenvalue weighted by atomic mass is 19.1. The third kappa shape index (κ3) is 2.44. The fourth-order valence-electron chi connectivity index (χ4n) is 3.48. The van der Waals surface area contributed by atoms with E-state index in [-0.39, 0.29) is 5.82 Å². The van der Waals surface area contributed by atoms with Crippen molar-refractivity contribution in [3.05, 3.63) is 35.1 Å². The minimum atomic E-state index is 0.0336. The van der Waals surface area contributed by atoms with Crippen molar-refractivity contribution in [1.82, 2.24) is 5.32 Å². The lowest BCUT2D eigenvalue weighted by atomic mass is 9.83. The molecule has 0 amide bonds. The van der Waals surface area contributed by atoms with Gasteiger partial charge in [-0.25, -0.2) is 4.39 Å². The molecule has 1 nitrogen and oxygen atoms in total. The number of hydrogen-bond donors (Lipinski definition) is 1. The Morgan fingerprint density at radius 2 is 1.83 bits per heavy atom. The molecule has 18 heavy (non-hydrogen) atoms. The van der Waals surface area contributed by atoms with Crippen molar-refractivity contribution in [1.29, 1.82) is 0 Å². The van der Waals surface area contributed by atoms with Crippen LogP contribution < -0.4 is 5.32 Å². The number of benzene rings is 1. The zero-order chi connectivity index (χ0) is 12.4. The van der Waals surface area contributed by atoms with Crippen LogP contribution in [0.5, 0.6) is 0 Å². The van der Waals surface area contributed by atoms with Crippen molar-refractivity contribution in [3.63, 3.8) is 0 Å². The largest absolute Gasteiger partial charge is 0.316 e. The Balaban J connectivity index is 1.79. The number of halogens is 1. The number of nitrogens with one attached hydrogen (secondary N) is 1. The van der Waals surface area contributed by atoms with E-state index in [1.54, 1.807) is 6.07 Å². The van der Waals surface area contributed by atoms with Crippen molar-refractivity contribution >= 4 is 0 Å². The molecule has 1 atom stereocenters. The molecular formula is C16H22FN. The molecule has 1 aliphatic heterocycles. The predicted molar refractivity (Wildman–Crippen MR) is 72.5 cm³/mol. The maximum absolute atomic E-state index is 14.3. The van der Waals surface area contributed by atoms with Gasteiger partial charge >= 0.3 is 0 Å². The monoisotopic (exact) mass is 247 g/mol. The molecular weight excluding hydrogens is 225 g/mol. The van der Waals surface area contributed by atoms with Crippen LogP contribution in [-0.2, 0) is 0 Å². The maximum Gasteiger partial charge on any atom is 0.126 e. The summed E-state index contributed by atoms with van der Waals surface area (Å²) >= 11 is 0. The molecule has 1 saturated carbocycles. The van der Waals surface area contributed by atoms with Gasteiger partial charge in [0.05, 0.1) is 0 Å². The molecule has 1 saturated heterocycles. The lowest BCUT2D eigenvalue weighted by molar-refractivity contribution is 0.429. The van der Waals surface area contributed by atoms with E-state index in [0.29, 0.717) is 11.8 Å². The van der Waals surface area contributed by atoms with Crippen molar-refractivity contribution in [2.24, 2.45) is 0 Å². The van der Waals surface area contributed by atoms with E-state index in [4.69, 9.17) is 0 Å². The summed E-state index contributed by atoms with van der Waals surface area (Å²) in [7, 11) is 0. The maximum atomic E-state index is 14.3. The second kappa shape index (κ2) is 5.40. The molecule has 1 aliphatic carbocycles. The molecule has 0 radical (unpaired) electrons. The first-order chi connectivity index (χ1) is 8.84. The molecule has 1 N–H and O–H groups in total. The SMILES string of the molecule is Fc1cc(C2CCNC2)ccc1C1CCCCC1. The quantitative estimate of drug-likeness (QED) is 0.834. The van der Waals surface area contributed by atoms with Crippen LogP contribution >= 0.6 is 0 Å². The molecule has 0 aromatic heterocycles. The minimum Gasteiger partial charge on any atom is -0.316 e. The van der Waals surface area contributed by atoms with Gasteiger partial charge in [-0.15, -0.1) is 0 Å². The van der Waals surface area contributed by atoms with E-state index in [9.17, 15) is 4.39 Å². The Morgan fingerprint density at radius 1 is 1.00 bits per heavy atom. The number of rotatable bonds is 2. The average Bonchev–Trinajstić information content (AvgIpc) is 2.93.